The van der Waals surface area contributed by atoms with Crippen molar-refractivity contribution < 1.29 is 13.2 Å². The number of hydrogen-bond donors (Lipinski definition) is 1. The molecule has 7 nitrogen and oxygen atoms in total. The molecule has 3 atom stereocenters. The van der Waals surface area contributed by atoms with Crippen LogP contribution in [0.2, 0.25) is 0 Å². The summed E-state index contributed by atoms with van der Waals surface area (Å²) in [4.78, 5) is 22.4. The summed E-state index contributed by atoms with van der Waals surface area (Å²) in [5.74, 6) is 1.19. The number of rotatable bonds is 11. The van der Waals surface area contributed by atoms with Crippen molar-refractivity contribution in [3.8, 4) is 0 Å². The van der Waals surface area contributed by atoms with E-state index >= 15 is 0 Å². The van der Waals surface area contributed by atoms with Crippen LogP contribution in [0.15, 0.2) is 46.3 Å². The van der Waals surface area contributed by atoms with Crippen molar-refractivity contribution in [1.82, 2.24) is 14.5 Å². The molecule has 1 aromatic carbocycles. The maximum Gasteiger partial charge on any atom is 0.240 e. The van der Waals surface area contributed by atoms with Gasteiger partial charge in [-0.2, -0.15) is 0 Å². The summed E-state index contributed by atoms with van der Waals surface area (Å²) in [5.41, 5.74) is 1.14. The van der Waals surface area contributed by atoms with Gasteiger partial charge in [0.2, 0.25) is 15.9 Å². The smallest absolute Gasteiger partial charge is 0.240 e. The number of allylic oxidation sites excluding steroid dienone is 2. The molecule has 0 aromatic heterocycles. The Balaban J connectivity index is 1.54. The van der Waals surface area contributed by atoms with Crippen LogP contribution in [0.3, 0.4) is 0 Å². The SMILES string of the molecule is CCCCC(C)(CN1CCCN(C(=O)Cc2ccc(S(=O)(=O)NC3CCCC(C)/C=C\C=NCC3)cc2)CC1)C(C)C. The summed E-state index contributed by atoms with van der Waals surface area (Å²) in [6.07, 6.45) is 14.4. The van der Waals surface area contributed by atoms with E-state index < -0.39 is 10.0 Å². The highest BCUT2D eigenvalue weighted by atomic mass is 32.2. The Morgan fingerprint density at radius 1 is 1.07 bits per heavy atom. The van der Waals surface area contributed by atoms with Crippen LogP contribution in [-0.2, 0) is 21.2 Å². The van der Waals surface area contributed by atoms with Crippen LogP contribution in [0.1, 0.15) is 91.5 Å². The molecular formula is C34H56N4O3S. The Bertz CT molecular complexity index is 1130. The number of benzene rings is 1. The minimum Gasteiger partial charge on any atom is -0.341 e. The highest BCUT2D eigenvalue weighted by Crippen LogP contribution is 2.34. The summed E-state index contributed by atoms with van der Waals surface area (Å²) in [5, 5.41) is 0. The van der Waals surface area contributed by atoms with Crippen molar-refractivity contribution in [3.63, 3.8) is 0 Å². The molecule has 0 bridgehead atoms. The van der Waals surface area contributed by atoms with Crippen molar-refractivity contribution in [1.29, 1.82) is 0 Å². The first kappa shape index (κ1) is 34.5. The van der Waals surface area contributed by atoms with Gasteiger partial charge in [0.25, 0.3) is 0 Å². The number of unbranched alkanes of at least 4 members (excludes halogenated alkanes) is 1. The van der Waals surface area contributed by atoms with Crippen molar-refractivity contribution in [2.45, 2.75) is 103 Å². The van der Waals surface area contributed by atoms with Crippen LogP contribution < -0.4 is 4.72 Å². The fraction of sp³-hybridized carbons (Fsp3) is 0.706. The maximum atomic E-state index is 13.2. The zero-order chi connectivity index (χ0) is 30.6. The lowest BCUT2D eigenvalue weighted by Crippen LogP contribution is -2.41. The normalized spacial score (nSPS) is 23.6. The van der Waals surface area contributed by atoms with Gasteiger partial charge in [0.1, 0.15) is 0 Å². The van der Waals surface area contributed by atoms with E-state index in [0.29, 0.717) is 36.6 Å². The molecule has 1 fully saturated rings. The lowest BCUT2D eigenvalue weighted by molar-refractivity contribution is -0.130. The largest absolute Gasteiger partial charge is 0.341 e. The van der Waals surface area contributed by atoms with Gasteiger partial charge in [-0.3, -0.25) is 9.79 Å². The Labute approximate surface area is 256 Å². The van der Waals surface area contributed by atoms with Gasteiger partial charge < -0.3 is 9.80 Å². The minimum atomic E-state index is -3.65. The second-order valence-electron chi connectivity index (χ2n) is 13.2. The molecule has 0 aliphatic carbocycles. The maximum absolute atomic E-state index is 13.2. The average molecular weight is 601 g/mol. The molecule has 1 amide bonds. The van der Waals surface area contributed by atoms with E-state index in [0.717, 1.165) is 64.0 Å². The van der Waals surface area contributed by atoms with Gasteiger partial charge in [0, 0.05) is 45.0 Å². The third-order valence-electron chi connectivity index (χ3n) is 9.38. The van der Waals surface area contributed by atoms with E-state index in [1.807, 2.05) is 17.2 Å². The summed E-state index contributed by atoms with van der Waals surface area (Å²) in [6, 6.07) is 6.69. The summed E-state index contributed by atoms with van der Waals surface area (Å²) < 4.78 is 29.3. The molecule has 1 saturated heterocycles. The third kappa shape index (κ3) is 10.9. The van der Waals surface area contributed by atoms with Gasteiger partial charge in [0.05, 0.1) is 11.3 Å². The van der Waals surface area contributed by atoms with Crippen LogP contribution in [0, 0.1) is 17.3 Å². The van der Waals surface area contributed by atoms with Crippen LogP contribution >= 0.6 is 0 Å². The first-order valence-electron chi connectivity index (χ1n) is 16.3. The summed E-state index contributed by atoms with van der Waals surface area (Å²) in [7, 11) is -3.65. The zero-order valence-electron chi connectivity index (χ0n) is 26.9. The molecule has 2 heterocycles. The van der Waals surface area contributed by atoms with Gasteiger partial charge in [-0.15, -0.1) is 0 Å². The average Bonchev–Trinajstić information content (AvgIpc) is 3.20. The molecule has 3 unspecified atom stereocenters. The Hall–Kier alpha value is -2.03. The van der Waals surface area contributed by atoms with E-state index in [9.17, 15) is 13.2 Å². The first-order chi connectivity index (χ1) is 20.0. The molecule has 42 heavy (non-hydrogen) atoms. The molecule has 0 saturated carbocycles. The van der Waals surface area contributed by atoms with Gasteiger partial charge in [0.15, 0.2) is 0 Å². The lowest BCUT2D eigenvalue weighted by Gasteiger charge is -2.38. The van der Waals surface area contributed by atoms with Gasteiger partial charge in [-0.1, -0.05) is 72.1 Å². The molecule has 8 heteroatoms. The number of aliphatic imine (C=N–C) groups is 1. The van der Waals surface area contributed by atoms with E-state index in [1.165, 1.54) is 19.3 Å². The molecule has 1 aromatic rings. The monoisotopic (exact) mass is 600 g/mol. The topological polar surface area (TPSA) is 82.1 Å². The van der Waals surface area contributed by atoms with E-state index in [2.05, 4.69) is 55.3 Å². The molecule has 236 valence electrons. The van der Waals surface area contributed by atoms with E-state index in [1.54, 1.807) is 24.3 Å². The second kappa shape index (κ2) is 16.7. The fourth-order valence-corrected chi connectivity index (χ4v) is 7.34. The molecule has 0 spiro atoms. The van der Waals surface area contributed by atoms with Gasteiger partial charge in [-0.25, -0.2) is 13.1 Å². The molecule has 1 N–H and O–H groups in total. The third-order valence-corrected chi connectivity index (χ3v) is 10.9. The van der Waals surface area contributed by atoms with Crippen LogP contribution in [-0.4, -0.2) is 75.6 Å². The van der Waals surface area contributed by atoms with Crippen molar-refractivity contribution >= 4 is 22.1 Å². The zero-order valence-corrected chi connectivity index (χ0v) is 27.7. The number of sulfonamides is 1. The molecular weight excluding hydrogens is 544 g/mol. The van der Waals surface area contributed by atoms with Crippen molar-refractivity contribution in [2.75, 3.05) is 39.3 Å². The Morgan fingerprint density at radius 3 is 2.55 bits per heavy atom. The van der Waals surface area contributed by atoms with Crippen molar-refractivity contribution in [3.05, 3.63) is 42.0 Å². The standard InChI is InChI=1S/C34H56N4O3S/c1-6-7-19-34(5,28(2)3)27-37-22-10-23-38(25-24-37)33(39)26-30-14-16-32(17-15-30)42(40,41)36-31-13-8-11-29(4)12-9-20-35-21-18-31/h9,12,14-17,20,28-29,31,36H,6-8,10-11,13,18-19,21-27H2,1-5H3/b12-9-,35-20?. The Kier molecular flexibility index (Phi) is 13.7. The lowest BCUT2D eigenvalue weighted by atomic mass is 9.74. The summed E-state index contributed by atoms with van der Waals surface area (Å²) in [6.45, 7) is 16.7. The van der Waals surface area contributed by atoms with Gasteiger partial charge >= 0.3 is 0 Å². The predicted octanol–water partition coefficient (Wildman–Crippen LogP) is 6.10. The molecule has 2 aliphatic rings. The minimum absolute atomic E-state index is 0.116. The highest BCUT2D eigenvalue weighted by Gasteiger charge is 2.31. The highest BCUT2D eigenvalue weighted by molar-refractivity contribution is 7.89. The van der Waals surface area contributed by atoms with Crippen LogP contribution in [0.5, 0.6) is 0 Å². The first-order valence-corrected chi connectivity index (χ1v) is 17.8. The predicted molar refractivity (Wildman–Crippen MR) is 174 cm³/mol. The van der Waals surface area contributed by atoms with E-state index in [-0.39, 0.29) is 16.8 Å². The number of carbonyl (C=O) groups is 1. The number of nitrogens with zero attached hydrogens (tertiary/aromatic N) is 3. The number of nitrogens with one attached hydrogen (secondary N) is 1. The molecule has 2 aliphatic heterocycles. The number of amides is 1. The van der Waals surface area contributed by atoms with Crippen molar-refractivity contribution in [2.24, 2.45) is 22.2 Å². The van der Waals surface area contributed by atoms with E-state index in [4.69, 9.17) is 0 Å². The second-order valence-corrected chi connectivity index (χ2v) is 14.9. The van der Waals surface area contributed by atoms with Crippen LogP contribution in [0.4, 0.5) is 0 Å². The molecule has 3 rings (SSSR count). The summed E-state index contributed by atoms with van der Waals surface area (Å²) >= 11 is 0. The number of carbonyl (C=O) groups excluding carboxylic acids is 1. The fourth-order valence-electron chi connectivity index (χ4n) is 6.03. The quantitative estimate of drug-likeness (QED) is 0.333. The molecule has 0 radical (unpaired) electrons. The van der Waals surface area contributed by atoms with Crippen LogP contribution in [0.25, 0.3) is 0 Å². The Morgan fingerprint density at radius 2 is 1.83 bits per heavy atom. The number of hydrogen-bond acceptors (Lipinski definition) is 5. The van der Waals surface area contributed by atoms with Gasteiger partial charge in [-0.05, 0) is 79.7 Å².